The molecule has 0 aromatic heterocycles. The van der Waals surface area contributed by atoms with Crippen LogP contribution >= 0.6 is 11.8 Å². The average molecular weight is 217 g/mol. The molecule has 0 aliphatic heterocycles. The standard InChI is InChI=1S/C10H19NO2S/c1-2-13-10(12)9(11)7-14-6-8-4-3-5-8/h8-9H,2-7,11H2,1H3. The summed E-state index contributed by atoms with van der Waals surface area (Å²) in [4.78, 5) is 11.1. The summed E-state index contributed by atoms with van der Waals surface area (Å²) >= 11 is 1.77. The lowest BCUT2D eigenvalue weighted by Crippen LogP contribution is -2.35. The number of esters is 1. The van der Waals surface area contributed by atoms with Crippen LogP contribution in [0.4, 0.5) is 0 Å². The molecule has 0 saturated heterocycles. The first kappa shape index (κ1) is 11.9. The number of rotatable bonds is 6. The predicted octanol–water partition coefficient (Wildman–Crippen LogP) is 1.41. The van der Waals surface area contributed by atoms with Crippen molar-refractivity contribution in [2.75, 3.05) is 18.1 Å². The second kappa shape index (κ2) is 6.30. The third-order valence-corrected chi connectivity index (χ3v) is 3.77. The summed E-state index contributed by atoms with van der Waals surface area (Å²) < 4.78 is 4.82. The molecule has 1 aliphatic rings. The molecular weight excluding hydrogens is 198 g/mol. The maximum absolute atomic E-state index is 11.1. The second-order valence-electron chi connectivity index (χ2n) is 3.69. The fourth-order valence-electron chi connectivity index (χ4n) is 1.34. The molecule has 1 atom stereocenters. The van der Waals surface area contributed by atoms with Gasteiger partial charge in [0, 0.05) is 5.75 Å². The third kappa shape index (κ3) is 3.88. The monoisotopic (exact) mass is 217 g/mol. The topological polar surface area (TPSA) is 52.3 Å². The summed E-state index contributed by atoms with van der Waals surface area (Å²) in [6, 6.07) is -0.444. The number of ether oxygens (including phenoxy) is 1. The highest BCUT2D eigenvalue weighted by Gasteiger charge is 2.19. The molecule has 82 valence electrons. The van der Waals surface area contributed by atoms with E-state index >= 15 is 0 Å². The molecule has 0 radical (unpaired) electrons. The Morgan fingerprint density at radius 1 is 1.64 bits per heavy atom. The molecule has 0 bridgehead atoms. The van der Waals surface area contributed by atoms with Crippen LogP contribution in [0.1, 0.15) is 26.2 Å². The highest BCUT2D eigenvalue weighted by atomic mass is 32.2. The van der Waals surface area contributed by atoms with Gasteiger partial charge in [-0.25, -0.2) is 0 Å². The van der Waals surface area contributed by atoms with Crippen LogP contribution in [-0.4, -0.2) is 30.1 Å². The van der Waals surface area contributed by atoms with Gasteiger partial charge in [-0.05, 0) is 31.4 Å². The number of carbonyl (C=O) groups is 1. The largest absolute Gasteiger partial charge is 0.465 e. The van der Waals surface area contributed by atoms with E-state index in [-0.39, 0.29) is 5.97 Å². The van der Waals surface area contributed by atoms with Gasteiger partial charge >= 0.3 is 5.97 Å². The van der Waals surface area contributed by atoms with Crippen LogP contribution in [0.2, 0.25) is 0 Å². The van der Waals surface area contributed by atoms with Crippen molar-refractivity contribution in [1.82, 2.24) is 0 Å². The molecule has 0 spiro atoms. The SMILES string of the molecule is CCOC(=O)C(N)CSCC1CCC1. The van der Waals surface area contributed by atoms with Crippen LogP contribution in [0.15, 0.2) is 0 Å². The van der Waals surface area contributed by atoms with E-state index in [2.05, 4.69) is 0 Å². The summed E-state index contributed by atoms with van der Waals surface area (Å²) in [5, 5.41) is 0. The number of hydrogen-bond acceptors (Lipinski definition) is 4. The highest BCUT2D eigenvalue weighted by Crippen LogP contribution is 2.29. The van der Waals surface area contributed by atoms with E-state index in [0.717, 1.165) is 11.7 Å². The van der Waals surface area contributed by atoms with Gasteiger partial charge in [0.05, 0.1) is 6.61 Å². The van der Waals surface area contributed by atoms with Crippen molar-refractivity contribution in [3.05, 3.63) is 0 Å². The van der Waals surface area contributed by atoms with Crippen LogP contribution in [0.25, 0.3) is 0 Å². The Bertz CT molecular complexity index is 183. The summed E-state index contributed by atoms with van der Waals surface area (Å²) in [6.07, 6.45) is 4.07. The minimum atomic E-state index is -0.444. The molecule has 1 aliphatic carbocycles. The summed E-state index contributed by atoms with van der Waals surface area (Å²) in [5.41, 5.74) is 5.65. The highest BCUT2D eigenvalue weighted by molar-refractivity contribution is 7.99. The first-order valence-electron chi connectivity index (χ1n) is 5.24. The van der Waals surface area contributed by atoms with Crippen LogP contribution in [0, 0.1) is 5.92 Å². The van der Waals surface area contributed by atoms with Crippen LogP contribution < -0.4 is 5.73 Å². The van der Waals surface area contributed by atoms with Crippen molar-refractivity contribution in [2.24, 2.45) is 11.7 Å². The molecule has 14 heavy (non-hydrogen) atoms. The zero-order chi connectivity index (χ0) is 10.4. The lowest BCUT2D eigenvalue weighted by atomic mass is 9.87. The van der Waals surface area contributed by atoms with Crippen molar-refractivity contribution in [3.8, 4) is 0 Å². The third-order valence-electron chi connectivity index (χ3n) is 2.47. The Kier molecular flexibility index (Phi) is 5.33. The maximum Gasteiger partial charge on any atom is 0.323 e. The Balaban J connectivity index is 2.01. The Hall–Kier alpha value is -0.220. The molecule has 0 amide bonds. The summed E-state index contributed by atoms with van der Waals surface area (Å²) in [6.45, 7) is 2.21. The fourth-order valence-corrected chi connectivity index (χ4v) is 2.53. The van der Waals surface area contributed by atoms with E-state index < -0.39 is 6.04 Å². The molecule has 3 nitrogen and oxygen atoms in total. The van der Waals surface area contributed by atoms with Gasteiger partial charge < -0.3 is 10.5 Å². The molecule has 4 heteroatoms. The van der Waals surface area contributed by atoms with Gasteiger partial charge in [0.2, 0.25) is 0 Å². The zero-order valence-corrected chi connectivity index (χ0v) is 9.52. The van der Waals surface area contributed by atoms with Gasteiger partial charge in [-0.15, -0.1) is 0 Å². The molecule has 1 rings (SSSR count). The number of hydrogen-bond donors (Lipinski definition) is 1. The maximum atomic E-state index is 11.1. The number of carbonyl (C=O) groups excluding carboxylic acids is 1. The molecule has 1 unspecified atom stereocenters. The van der Waals surface area contributed by atoms with Crippen molar-refractivity contribution in [1.29, 1.82) is 0 Å². The van der Waals surface area contributed by atoms with E-state index in [4.69, 9.17) is 10.5 Å². The minimum Gasteiger partial charge on any atom is -0.465 e. The van der Waals surface area contributed by atoms with Crippen molar-refractivity contribution >= 4 is 17.7 Å². The van der Waals surface area contributed by atoms with Crippen LogP contribution in [0.3, 0.4) is 0 Å². The quantitative estimate of drug-likeness (QED) is 0.683. The average Bonchev–Trinajstić information content (AvgIpc) is 2.09. The molecule has 0 aromatic carbocycles. The molecular formula is C10H19NO2S. The van der Waals surface area contributed by atoms with E-state index in [9.17, 15) is 4.79 Å². The van der Waals surface area contributed by atoms with Gasteiger partial charge in [-0.1, -0.05) is 6.42 Å². The molecule has 1 fully saturated rings. The summed E-state index contributed by atoms with van der Waals surface area (Å²) in [5.74, 6) is 2.44. The zero-order valence-electron chi connectivity index (χ0n) is 8.70. The van der Waals surface area contributed by atoms with E-state index in [1.807, 2.05) is 0 Å². The fraction of sp³-hybridized carbons (Fsp3) is 0.900. The predicted molar refractivity (Wildman–Crippen MR) is 59.3 cm³/mol. The molecule has 2 N–H and O–H groups in total. The first-order chi connectivity index (χ1) is 6.74. The van der Waals surface area contributed by atoms with Crippen LogP contribution in [-0.2, 0) is 9.53 Å². The van der Waals surface area contributed by atoms with Crippen molar-refractivity contribution in [3.63, 3.8) is 0 Å². The Morgan fingerprint density at radius 3 is 2.86 bits per heavy atom. The van der Waals surface area contributed by atoms with Gasteiger partial charge in [0.15, 0.2) is 0 Å². The second-order valence-corrected chi connectivity index (χ2v) is 4.77. The molecule has 1 saturated carbocycles. The number of thioether (sulfide) groups is 1. The smallest absolute Gasteiger partial charge is 0.323 e. The lowest BCUT2D eigenvalue weighted by molar-refractivity contribution is -0.144. The number of nitrogens with two attached hydrogens (primary N) is 1. The van der Waals surface area contributed by atoms with E-state index in [1.54, 1.807) is 18.7 Å². The van der Waals surface area contributed by atoms with E-state index in [0.29, 0.717) is 12.4 Å². The Labute approximate surface area is 89.8 Å². The van der Waals surface area contributed by atoms with Gasteiger partial charge in [-0.2, -0.15) is 11.8 Å². The Morgan fingerprint density at radius 2 is 2.36 bits per heavy atom. The van der Waals surface area contributed by atoms with Crippen molar-refractivity contribution in [2.45, 2.75) is 32.2 Å². The lowest BCUT2D eigenvalue weighted by Gasteiger charge is -2.25. The minimum absolute atomic E-state index is 0.270. The molecule has 0 aromatic rings. The molecule has 0 heterocycles. The first-order valence-corrected chi connectivity index (χ1v) is 6.39. The van der Waals surface area contributed by atoms with Crippen molar-refractivity contribution < 1.29 is 9.53 Å². The van der Waals surface area contributed by atoms with E-state index in [1.165, 1.54) is 19.3 Å². The summed E-state index contributed by atoms with van der Waals surface area (Å²) in [7, 11) is 0. The van der Waals surface area contributed by atoms with Gasteiger partial charge in [0.25, 0.3) is 0 Å². The van der Waals surface area contributed by atoms with Gasteiger partial charge in [-0.3, -0.25) is 4.79 Å². The van der Waals surface area contributed by atoms with Gasteiger partial charge in [0.1, 0.15) is 6.04 Å². The normalized spacial score (nSPS) is 18.7. The van der Waals surface area contributed by atoms with Crippen LogP contribution in [0.5, 0.6) is 0 Å².